The molecule has 1 rings (SSSR count). The monoisotopic (exact) mass is 374 g/mol. The second kappa shape index (κ2) is 15.8. The van der Waals surface area contributed by atoms with E-state index in [-0.39, 0.29) is 0 Å². The van der Waals surface area contributed by atoms with Crippen molar-refractivity contribution in [3.05, 3.63) is 0 Å². The van der Waals surface area contributed by atoms with Crippen LogP contribution in [0.3, 0.4) is 0 Å². The summed E-state index contributed by atoms with van der Waals surface area (Å²) in [5, 5.41) is 8.63. The highest BCUT2D eigenvalue weighted by atomic mass is 32.2. The summed E-state index contributed by atoms with van der Waals surface area (Å²) in [7, 11) is 0. The summed E-state index contributed by atoms with van der Waals surface area (Å²) in [5.41, 5.74) is 0. The summed E-state index contributed by atoms with van der Waals surface area (Å²) < 4.78 is 2.31. The van der Waals surface area contributed by atoms with Crippen molar-refractivity contribution in [3.63, 3.8) is 0 Å². The smallest absolute Gasteiger partial charge is 0.131 e. The zero-order valence-corrected chi connectivity index (χ0v) is 17.5. The fourth-order valence-corrected chi connectivity index (χ4v) is 5.56. The molecular formula is C18H34N2S3. The molecule has 0 aromatic carbocycles. The van der Waals surface area contributed by atoms with E-state index in [0.29, 0.717) is 0 Å². The minimum Gasteiger partial charge on any atom is -0.131 e. The number of nitrogens with zero attached hydrogens (tertiary/aromatic N) is 2. The number of aromatic nitrogens is 2. The Morgan fingerprint density at radius 3 is 1.43 bits per heavy atom. The van der Waals surface area contributed by atoms with Crippen molar-refractivity contribution in [3.8, 4) is 0 Å². The topological polar surface area (TPSA) is 25.8 Å². The molecular weight excluding hydrogens is 340 g/mol. The molecule has 0 bridgehead atoms. The molecule has 0 atom stereocenters. The van der Waals surface area contributed by atoms with Crippen LogP contribution in [0, 0.1) is 0 Å². The molecule has 134 valence electrons. The molecule has 0 saturated heterocycles. The lowest BCUT2D eigenvalue weighted by Gasteiger charge is -1.99. The second-order valence-corrected chi connectivity index (χ2v) is 9.73. The van der Waals surface area contributed by atoms with Crippen molar-refractivity contribution < 1.29 is 0 Å². The van der Waals surface area contributed by atoms with Gasteiger partial charge >= 0.3 is 0 Å². The molecule has 23 heavy (non-hydrogen) atoms. The summed E-state index contributed by atoms with van der Waals surface area (Å²) in [4.78, 5) is 0. The predicted molar refractivity (Wildman–Crippen MR) is 108 cm³/mol. The Kier molecular flexibility index (Phi) is 14.6. The van der Waals surface area contributed by atoms with E-state index in [0.717, 1.165) is 8.68 Å². The molecule has 0 fully saturated rings. The number of thioether (sulfide) groups is 2. The summed E-state index contributed by atoms with van der Waals surface area (Å²) >= 11 is 5.56. The summed E-state index contributed by atoms with van der Waals surface area (Å²) in [6.07, 6.45) is 16.4. The molecule has 0 saturated carbocycles. The van der Waals surface area contributed by atoms with Gasteiger partial charge in [-0.1, -0.05) is 113 Å². The van der Waals surface area contributed by atoms with Crippen LogP contribution < -0.4 is 0 Å². The van der Waals surface area contributed by atoms with Gasteiger partial charge in [0.25, 0.3) is 0 Å². The lowest BCUT2D eigenvalue weighted by Crippen LogP contribution is -1.82. The van der Waals surface area contributed by atoms with Crippen LogP contribution in [0.15, 0.2) is 8.68 Å². The van der Waals surface area contributed by atoms with Gasteiger partial charge in [-0.2, -0.15) is 0 Å². The average molecular weight is 375 g/mol. The zero-order chi connectivity index (χ0) is 16.6. The number of hydrogen-bond acceptors (Lipinski definition) is 5. The molecule has 0 unspecified atom stereocenters. The van der Waals surface area contributed by atoms with Gasteiger partial charge in [-0.15, -0.1) is 10.2 Å². The first-order valence-electron chi connectivity index (χ1n) is 9.46. The molecule has 1 heterocycles. The highest BCUT2D eigenvalue weighted by molar-refractivity contribution is 8.03. The van der Waals surface area contributed by atoms with Gasteiger partial charge in [0.1, 0.15) is 0 Å². The van der Waals surface area contributed by atoms with E-state index in [2.05, 4.69) is 24.0 Å². The van der Waals surface area contributed by atoms with Crippen LogP contribution in [0.2, 0.25) is 0 Å². The second-order valence-electron chi connectivity index (χ2n) is 6.07. The molecule has 0 aliphatic rings. The Hall–Kier alpha value is 0.260. The molecule has 1 aromatic rings. The van der Waals surface area contributed by atoms with Gasteiger partial charge in [0.15, 0.2) is 8.68 Å². The number of unbranched alkanes of at least 4 members (excludes halogenated alkanes) is 10. The number of hydrogen-bond donors (Lipinski definition) is 0. The molecule has 0 aliphatic heterocycles. The SMILES string of the molecule is CCCCCCCCSc1nnc(SCCCCCCCC)s1. The number of rotatable bonds is 16. The third kappa shape index (κ3) is 12.3. The van der Waals surface area contributed by atoms with Crippen molar-refractivity contribution in [2.75, 3.05) is 11.5 Å². The van der Waals surface area contributed by atoms with Gasteiger partial charge in [0.2, 0.25) is 0 Å². The van der Waals surface area contributed by atoms with Crippen molar-refractivity contribution in [2.45, 2.75) is 99.6 Å². The lowest BCUT2D eigenvalue weighted by atomic mass is 10.1. The summed E-state index contributed by atoms with van der Waals surface area (Å²) in [6, 6.07) is 0. The van der Waals surface area contributed by atoms with Gasteiger partial charge in [0.05, 0.1) is 0 Å². The molecule has 5 heteroatoms. The Bertz CT molecular complexity index is 336. The van der Waals surface area contributed by atoms with E-state index >= 15 is 0 Å². The van der Waals surface area contributed by atoms with E-state index in [4.69, 9.17) is 0 Å². The molecule has 2 nitrogen and oxygen atoms in total. The quantitative estimate of drug-likeness (QED) is 0.222. The standard InChI is InChI=1S/C18H34N2S3/c1-3-5-7-9-11-13-15-21-17-19-20-18(23-17)22-16-14-12-10-8-6-4-2/h3-16H2,1-2H3. The fourth-order valence-electron chi connectivity index (χ4n) is 2.40. The first-order valence-corrected chi connectivity index (χ1v) is 12.2. The minimum atomic E-state index is 1.16. The van der Waals surface area contributed by atoms with Crippen LogP contribution in [0.25, 0.3) is 0 Å². The van der Waals surface area contributed by atoms with Crippen LogP contribution in [0.5, 0.6) is 0 Å². The van der Waals surface area contributed by atoms with Crippen molar-refractivity contribution >= 4 is 34.9 Å². The van der Waals surface area contributed by atoms with E-state index in [1.165, 1.54) is 88.6 Å². The Morgan fingerprint density at radius 2 is 1.00 bits per heavy atom. The van der Waals surface area contributed by atoms with Gasteiger partial charge < -0.3 is 0 Å². The summed E-state index contributed by atoms with van der Waals surface area (Å²) in [5.74, 6) is 2.39. The van der Waals surface area contributed by atoms with Gasteiger partial charge in [-0.3, -0.25) is 0 Å². The van der Waals surface area contributed by atoms with E-state index in [1.807, 2.05) is 23.5 Å². The van der Waals surface area contributed by atoms with Gasteiger partial charge in [-0.25, -0.2) is 0 Å². The third-order valence-electron chi connectivity index (χ3n) is 3.83. The highest BCUT2D eigenvalue weighted by Crippen LogP contribution is 2.30. The Labute approximate surface area is 156 Å². The van der Waals surface area contributed by atoms with Gasteiger partial charge in [-0.05, 0) is 12.8 Å². The first kappa shape index (κ1) is 21.3. The maximum absolute atomic E-state index is 4.31. The van der Waals surface area contributed by atoms with Crippen LogP contribution in [0.4, 0.5) is 0 Å². The molecule has 0 amide bonds. The van der Waals surface area contributed by atoms with Crippen molar-refractivity contribution in [1.82, 2.24) is 10.2 Å². The average Bonchev–Trinajstić information content (AvgIpc) is 3.01. The maximum atomic E-state index is 4.31. The van der Waals surface area contributed by atoms with E-state index in [9.17, 15) is 0 Å². The summed E-state index contributed by atoms with van der Waals surface area (Å²) in [6.45, 7) is 4.54. The van der Waals surface area contributed by atoms with E-state index < -0.39 is 0 Å². The molecule has 0 spiro atoms. The van der Waals surface area contributed by atoms with E-state index in [1.54, 1.807) is 11.3 Å². The maximum Gasteiger partial charge on any atom is 0.175 e. The van der Waals surface area contributed by atoms with Crippen LogP contribution in [-0.2, 0) is 0 Å². The van der Waals surface area contributed by atoms with Crippen molar-refractivity contribution in [2.24, 2.45) is 0 Å². The first-order chi connectivity index (χ1) is 11.4. The Morgan fingerprint density at radius 1 is 0.609 bits per heavy atom. The largest absolute Gasteiger partial charge is 0.175 e. The predicted octanol–water partition coefficient (Wildman–Crippen LogP) is 7.44. The van der Waals surface area contributed by atoms with Crippen LogP contribution >= 0.6 is 34.9 Å². The lowest BCUT2D eigenvalue weighted by molar-refractivity contribution is 0.627. The normalized spacial score (nSPS) is 11.2. The van der Waals surface area contributed by atoms with Crippen molar-refractivity contribution in [1.29, 1.82) is 0 Å². The third-order valence-corrected chi connectivity index (χ3v) is 7.20. The highest BCUT2D eigenvalue weighted by Gasteiger charge is 2.05. The van der Waals surface area contributed by atoms with Crippen LogP contribution in [0.1, 0.15) is 90.9 Å². The minimum absolute atomic E-state index is 1.16. The molecule has 0 radical (unpaired) electrons. The fraction of sp³-hybridized carbons (Fsp3) is 0.889. The molecule has 0 N–H and O–H groups in total. The van der Waals surface area contributed by atoms with Gasteiger partial charge in [0, 0.05) is 11.5 Å². The molecule has 1 aromatic heterocycles. The zero-order valence-electron chi connectivity index (χ0n) is 15.0. The van der Waals surface area contributed by atoms with Crippen LogP contribution in [-0.4, -0.2) is 21.7 Å². The molecule has 0 aliphatic carbocycles. The Balaban J connectivity index is 1.97.